The molecule has 0 saturated carbocycles. The van der Waals surface area contributed by atoms with E-state index in [0.29, 0.717) is 38.0 Å². The van der Waals surface area contributed by atoms with E-state index >= 15 is 0 Å². The molecule has 1 aliphatic rings. The summed E-state index contributed by atoms with van der Waals surface area (Å²) in [5.41, 5.74) is 1.70. The summed E-state index contributed by atoms with van der Waals surface area (Å²) in [6.07, 6.45) is 1.34. The summed E-state index contributed by atoms with van der Waals surface area (Å²) >= 11 is 0. The number of amides is 2. The molecule has 1 aliphatic heterocycles. The van der Waals surface area contributed by atoms with Gasteiger partial charge in [0.15, 0.2) is 0 Å². The Morgan fingerprint density at radius 2 is 1.67 bits per heavy atom. The fraction of sp³-hybridized carbons (Fsp3) is 0.333. The summed E-state index contributed by atoms with van der Waals surface area (Å²) in [5, 5.41) is 1.81. The van der Waals surface area contributed by atoms with Gasteiger partial charge in [0.25, 0.3) is 5.91 Å². The molecule has 0 atom stereocenters. The first-order valence-corrected chi connectivity index (χ1v) is 11.2. The van der Waals surface area contributed by atoms with Gasteiger partial charge in [-0.05, 0) is 48.1 Å². The zero-order chi connectivity index (χ0) is 23.4. The Bertz CT molecular complexity index is 1150. The number of carbonyl (C=O) groups excluding carboxylic acids is 2. The van der Waals surface area contributed by atoms with Crippen LogP contribution in [0.1, 0.15) is 28.8 Å². The second kappa shape index (κ2) is 9.94. The van der Waals surface area contributed by atoms with E-state index in [2.05, 4.69) is 0 Å². The molecular weight excluding hydrogens is 416 g/mol. The van der Waals surface area contributed by atoms with Gasteiger partial charge in [-0.25, -0.2) is 0 Å². The van der Waals surface area contributed by atoms with Gasteiger partial charge in [0.05, 0.1) is 14.2 Å². The quantitative estimate of drug-likeness (QED) is 0.564. The molecule has 0 aromatic heterocycles. The predicted molar refractivity (Wildman–Crippen MR) is 129 cm³/mol. The van der Waals surface area contributed by atoms with E-state index in [9.17, 15) is 9.59 Å². The average Bonchev–Trinajstić information content (AvgIpc) is 2.87. The first-order chi connectivity index (χ1) is 16.0. The Kier molecular flexibility index (Phi) is 6.82. The third kappa shape index (κ3) is 4.80. The lowest BCUT2D eigenvalue weighted by molar-refractivity contribution is -0.136. The summed E-state index contributed by atoms with van der Waals surface area (Å²) in [4.78, 5) is 30.0. The second-order valence-electron chi connectivity index (χ2n) is 8.47. The first-order valence-electron chi connectivity index (χ1n) is 11.2. The van der Waals surface area contributed by atoms with Crippen molar-refractivity contribution < 1.29 is 19.1 Å². The number of likely N-dealkylation sites (tertiary alicyclic amines) is 1. The maximum Gasteiger partial charge on any atom is 0.254 e. The van der Waals surface area contributed by atoms with Crippen LogP contribution in [0.2, 0.25) is 0 Å². The lowest BCUT2D eigenvalue weighted by Crippen LogP contribution is -2.43. The van der Waals surface area contributed by atoms with E-state index in [-0.39, 0.29) is 17.7 Å². The van der Waals surface area contributed by atoms with Gasteiger partial charge in [-0.1, -0.05) is 36.4 Å². The van der Waals surface area contributed by atoms with Gasteiger partial charge in [0, 0.05) is 43.5 Å². The van der Waals surface area contributed by atoms with Gasteiger partial charge < -0.3 is 19.3 Å². The molecule has 2 amide bonds. The van der Waals surface area contributed by atoms with Crippen LogP contribution in [0.3, 0.4) is 0 Å². The maximum absolute atomic E-state index is 13.3. The minimum absolute atomic E-state index is 0.00415. The topological polar surface area (TPSA) is 59.1 Å². The number of piperidine rings is 1. The maximum atomic E-state index is 13.3. The molecule has 3 aromatic carbocycles. The number of benzene rings is 3. The number of hydrogen-bond donors (Lipinski definition) is 0. The van der Waals surface area contributed by atoms with Crippen molar-refractivity contribution in [2.24, 2.45) is 5.92 Å². The smallest absolute Gasteiger partial charge is 0.254 e. The van der Waals surface area contributed by atoms with E-state index < -0.39 is 0 Å². The van der Waals surface area contributed by atoms with E-state index in [0.717, 1.165) is 27.8 Å². The highest BCUT2D eigenvalue weighted by atomic mass is 16.5. The van der Waals surface area contributed by atoms with E-state index in [1.807, 2.05) is 72.6 Å². The highest BCUT2D eigenvalue weighted by Crippen LogP contribution is 2.30. The normalized spacial score (nSPS) is 14.2. The zero-order valence-corrected chi connectivity index (χ0v) is 19.4. The summed E-state index contributed by atoms with van der Waals surface area (Å²) in [6.45, 7) is 1.68. The standard InChI is InChI=1S/C27H30N2O4/c1-28(18-19-7-6-8-21(17-19)32-2)26(30)20-13-15-29(16-14-20)27(31)24-11-12-25(33-3)23-10-5-4-9-22(23)24/h4-12,17,20H,13-16,18H2,1-3H3. The number of fused-ring (bicyclic) bond motifs is 1. The number of methoxy groups -OCH3 is 2. The predicted octanol–water partition coefficient (Wildman–Crippen LogP) is 4.37. The molecule has 6 heteroatoms. The third-order valence-electron chi connectivity index (χ3n) is 6.40. The molecule has 0 radical (unpaired) electrons. The molecule has 0 N–H and O–H groups in total. The van der Waals surface area contributed by atoms with Crippen molar-refractivity contribution in [3.05, 3.63) is 71.8 Å². The van der Waals surface area contributed by atoms with Crippen LogP contribution >= 0.6 is 0 Å². The third-order valence-corrected chi connectivity index (χ3v) is 6.40. The molecule has 4 rings (SSSR count). The fourth-order valence-electron chi connectivity index (χ4n) is 4.57. The Morgan fingerprint density at radius 1 is 0.939 bits per heavy atom. The Morgan fingerprint density at radius 3 is 2.36 bits per heavy atom. The van der Waals surface area contributed by atoms with Crippen molar-refractivity contribution in [3.63, 3.8) is 0 Å². The van der Waals surface area contributed by atoms with E-state index in [1.165, 1.54) is 0 Å². The molecule has 0 aliphatic carbocycles. The minimum Gasteiger partial charge on any atom is -0.497 e. The van der Waals surface area contributed by atoms with Gasteiger partial charge >= 0.3 is 0 Å². The van der Waals surface area contributed by atoms with Gasteiger partial charge in [-0.15, -0.1) is 0 Å². The lowest BCUT2D eigenvalue weighted by Gasteiger charge is -2.33. The average molecular weight is 447 g/mol. The van der Waals surface area contributed by atoms with Crippen LogP contribution in [-0.2, 0) is 11.3 Å². The van der Waals surface area contributed by atoms with Crippen molar-refractivity contribution in [3.8, 4) is 11.5 Å². The van der Waals surface area contributed by atoms with Gasteiger partial charge in [0.1, 0.15) is 11.5 Å². The minimum atomic E-state index is -0.0720. The number of ether oxygens (including phenoxy) is 2. The number of rotatable bonds is 6. The SMILES string of the molecule is COc1cccc(CN(C)C(=O)C2CCN(C(=O)c3ccc(OC)c4ccccc34)CC2)c1. The van der Waals surface area contributed by atoms with Crippen molar-refractivity contribution in [2.75, 3.05) is 34.4 Å². The highest BCUT2D eigenvalue weighted by Gasteiger charge is 2.30. The van der Waals surface area contributed by atoms with Crippen LogP contribution in [0.15, 0.2) is 60.7 Å². The monoisotopic (exact) mass is 446 g/mol. The van der Waals surface area contributed by atoms with Crippen molar-refractivity contribution in [1.82, 2.24) is 9.80 Å². The molecule has 6 nitrogen and oxygen atoms in total. The number of nitrogens with zero attached hydrogens (tertiary/aromatic N) is 2. The Labute approximate surface area is 194 Å². The molecule has 0 spiro atoms. The summed E-state index contributed by atoms with van der Waals surface area (Å²) in [6, 6.07) is 19.2. The molecule has 3 aromatic rings. The van der Waals surface area contributed by atoms with Crippen molar-refractivity contribution >= 4 is 22.6 Å². The molecule has 0 unspecified atom stereocenters. The molecule has 0 bridgehead atoms. The molecule has 1 heterocycles. The van der Waals surface area contributed by atoms with Crippen molar-refractivity contribution in [1.29, 1.82) is 0 Å². The van der Waals surface area contributed by atoms with Gasteiger partial charge in [0.2, 0.25) is 5.91 Å². The molecule has 1 fully saturated rings. The Hall–Kier alpha value is -3.54. The zero-order valence-electron chi connectivity index (χ0n) is 19.4. The molecule has 172 valence electrons. The van der Waals surface area contributed by atoms with Crippen LogP contribution in [0.5, 0.6) is 11.5 Å². The fourth-order valence-corrected chi connectivity index (χ4v) is 4.57. The first kappa shape index (κ1) is 22.6. The summed E-state index contributed by atoms with van der Waals surface area (Å²) in [5.74, 6) is 1.60. The summed E-state index contributed by atoms with van der Waals surface area (Å²) < 4.78 is 10.7. The highest BCUT2D eigenvalue weighted by molar-refractivity contribution is 6.08. The van der Waals surface area contributed by atoms with Crippen LogP contribution in [0.4, 0.5) is 0 Å². The molecular formula is C27H30N2O4. The van der Waals surface area contributed by atoms with E-state index in [1.54, 1.807) is 19.1 Å². The van der Waals surface area contributed by atoms with E-state index in [4.69, 9.17) is 9.47 Å². The lowest BCUT2D eigenvalue weighted by atomic mass is 9.94. The van der Waals surface area contributed by atoms with Crippen LogP contribution in [0, 0.1) is 5.92 Å². The second-order valence-corrected chi connectivity index (χ2v) is 8.47. The summed E-state index contributed by atoms with van der Waals surface area (Å²) in [7, 11) is 5.11. The number of carbonyl (C=O) groups is 2. The van der Waals surface area contributed by atoms with Gasteiger partial charge in [-0.2, -0.15) is 0 Å². The largest absolute Gasteiger partial charge is 0.497 e. The Balaban J connectivity index is 1.40. The molecule has 33 heavy (non-hydrogen) atoms. The van der Waals surface area contributed by atoms with Crippen molar-refractivity contribution in [2.45, 2.75) is 19.4 Å². The molecule has 1 saturated heterocycles. The van der Waals surface area contributed by atoms with Gasteiger partial charge in [-0.3, -0.25) is 9.59 Å². The van der Waals surface area contributed by atoms with Crippen LogP contribution < -0.4 is 9.47 Å². The van der Waals surface area contributed by atoms with Crippen LogP contribution in [-0.4, -0.2) is 56.0 Å². The van der Waals surface area contributed by atoms with Crippen LogP contribution in [0.25, 0.3) is 10.8 Å². The number of hydrogen-bond acceptors (Lipinski definition) is 4.